The third-order valence-corrected chi connectivity index (χ3v) is 4.65. The molecule has 0 atom stereocenters. The molecule has 1 N–H and O–H groups in total. The lowest BCUT2D eigenvalue weighted by molar-refractivity contribution is 0.103. The van der Waals surface area contributed by atoms with Crippen LogP contribution in [0.25, 0.3) is 0 Å². The Morgan fingerprint density at radius 3 is 2.42 bits per heavy atom. The highest BCUT2D eigenvalue weighted by atomic mass is 35.5. The van der Waals surface area contributed by atoms with E-state index in [1.807, 2.05) is 6.07 Å². The number of benzene rings is 2. The molecule has 0 saturated carbocycles. The number of hydrogen-bond acceptors (Lipinski definition) is 3. The van der Waals surface area contributed by atoms with Crippen LogP contribution in [0.3, 0.4) is 0 Å². The molecule has 0 bridgehead atoms. The standard InChI is InChI=1S/C22H27ClO3/c1-2-3-4-5-6-10-13-26-21-15-20(24)19(14-18(21)16-23)22(25)17-11-8-7-9-12-17/h7-9,11-12,14-15,24H,2-6,10,13,16H2,1H3. The molecule has 26 heavy (non-hydrogen) atoms. The lowest BCUT2D eigenvalue weighted by Crippen LogP contribution is -2.05. The van der Waals surface area contributed by atoms with Crippen molar-refractivity contribution in [1.82, 2.24) is 0 Å². The molecule has 0 aliphatic rings. The van der Waals surface area contributed by atoms with Gasteiger partial charge in [0.1, 0.15) is 11.5 Å². The third-order valence-electron chi connectivity index (χ3n) is 4.36. The van der Waals surface area contributed by atoms with E-state index in [0.717, 1.165) is 18.4 Å². The van der Waals surface area contributed by atoms with Gasteiger partial charge in [-0.05, 0) is 12.5 Å². The van der Waals surface area contributed by atoms with Crippen LogP contribution in [0.15, 0.2) is 42.5 Å². The van der Waals surface area contributed by atoms with Gasteiger partial charge in [0, 0.05) is 17.2 Å². The average Bonchev–Trinajstić information content (AvgIpc) is 2.67. The van der Waals surface area contributed by atoms with Crippen molar-refractivity contribution < 1.29 is 14.6 Å². The van der Waals surface area contributed by atoms with Gasteiger partial charge in [-0.3, -0.25) is 4.79 Å². The molecule has 0 aliphatic heterocycles. The number of aromatic hydroxyl groups is 1. The minimum absolute atomic E-state index is 0.0781. The Bertz CT molecular complexity index is 698. The van der Waals surface area contributed by atoms with Gasteiger partial charge < -0.3 is 9.84 Å². The van der Waals surface area contributed by atoms with Crippen LogP contribution in [0.2, 0.25) is 0 Å². The minimum Gasteiger partial charge on any atom is -0.507 e. The Balaban J connectivity index is 2.01. The predicted molar refractivity (Wildman–Crippen MR) is 106 cm³/mol. The first kappa shape index (κ1) is 20.3. The zero-order chi connectivity index (χ0) is 18.8. The summed E-state index contributed by atoms with van der Waals surface area (Å²) in [6.45, 7) is 2.79. The van der Waals surface area contributed by atoms with Gasteiger partial charge in [0.15, 0.2) is 5.78 Å². The molecular formula is C22H27ClO3. The number of alkyl halides is 1. The molecule has 3 nitrogen and oxygen atoms in total. The fourth-order valence-corrected chi connectivity index (χ4v) is 3.05. The van der Waals surface area contributed by atoms with Crippen LogP contribution in [0.1, 0.15) is 66.9 Å². The SMILES string of the molecule is CCCCCCCCOc1cc(O)c(C(=O)c2ccccc2)cc1CCl. The number of carbonyl (C=O) groups is 1. The topological polar surface area (TPSA) is 46.5 Å². The first-order chi connectivity index (χ1) is 12.7. The molecule has 0 heterocycles. The summed E-state index contributed by atoms with van der Waals surface area (Å²) in [5.41, 5.74) is 1.50. The van der Waals surface area contributed by atoms with Gasteiger partial charge in [-0.1, -0.05) is 69.4 Å². The van der Waals surface area contributed by atoms with Crippen molar-refractivity contribution in [2.24, 2.45) is 0 Å². The number of phenolic OH excluding ortho intramolecular Hbond substituents is 1. The van der Waals surface area contributed by atoms with Crippen LogP contribution in [0.5, 0.6) is 11.5 Å². The highest BCUT2D eigenvalue weighted by molar-refractivity contribution is 6.17. The predicted octanol–water partition coefficient (Wildman–Crippen LogP) is 6.10. The van der Waals surface area contributed by atoms with Crippen LogP contribution in [0.4, 0.5) is 0 Å². The number of rotatable bonds is 11. The van der Waals surface area contributed by atoms with Crippen LogP contribution < -0.4 is 4.74 Å². The van der Waals surface area contributed by atoms with Gasteiger partial charge in [-0.25, -0.2) is 0 Å². The van der Waals surface area contributed by atoms with Gasteiger partial charge in [0.2, 0.25) is 0 Å². The van der Waals surface area contributed by atoms with E-state index >= 15 is 0 Å². The van der Waals surface area contributed by atoms with Crippen LogP contribution in [-0.2, 0) is 5.88 Å². The van der Waals surface area contributed by atoms with E-state index in [2.05, 4.69) is 6.92 Å². The van der Waals surface area contributed by atoms with Gasteiger partial charge in [0.25, 0.3) is 0 Å². The first-order valence-corrected chi connectivity index (χ1v) is 9.85. The van der Waals surface area contributed by atoms with Crippen molar-refractivity contribution in [3.05, 3.63) is 59.2 Å². The van der Waals surface area contributed by atoms with E-state index in [4.69, 9.17) is 16.3 Å². The molecular weight excluding hydrogens is 348 g/mol. The van der Waals surface area contributed by atoms with Gasteiger partial charge in [-0.2, -0.15) is 0 Å². The smallest absolute Gasteiger partial charge is 0.196 e. The normalized spacial score (nSPS) is 10.7. The summed E-state index contributed by atoms with van der Waals surface area (Å²) in [7, 11) is 0. The molecule has 2 rings (SSSR count). The number of halogens is 1. The summed E-state index contributed by atoms with van der Waals surface area (Å²) in [5.74, 6) is 0.472. The van der Waals surface area contributed by atoms with E-state index in [0.29, 0.717) is 17.9 Å². The Hall–Kier alpha value is -2.00. The molecule has 0 amide bonds. The highest BCUT2D eigenvalue weighted by Crippen LogP contribution is 2.31. The van der Waals surface area contributed by atoms with Crippen molar-refractivity contribution in [3.8, 4) is 11.5 Å². The largest absolute Gasteiger partial charge is 0.507 e. The second-order valence-electron chi connectivity index (χ2n) is 6.42. The molecule has 0 fully saturated rings. The Kier molecular flexibility index (Phi) is 8.49. The van der Waals surface area contributed by atoms with Gasteiger partial charge >= 0.3 is 0 Å². The molecule has 140 valence electrons. The van der Waals surface area contributed by atoms with Gasteiger partial charge in [-0.15, -0.1) is 11.6 Å². The van der Waals surface area contributed by atoms with E-state index in [1.165, 1.54) is 31.7 Å². The lowest BCUT2D eigenvalue weighted by Gasteiger charge is -2.13. The second-order valence-corrected chi connectivity index (χ2v) is 6.69. The maximum absolute atomic E-state index is 12.6. The number of hydrogen-bond donors (Lipinski definition) is 1. The quantitative estimate of drug-likeness (QED) is 0.293. The third kappa shape index (κ3) is 5.77. The number of phenols is 1. The van der Waals surface area contributed by atoms with Crippen LogP contribution in [-0.4, -0.2) is 17.5 Å². The number of unbranched alkanes of at least 4 members (excludes halogenated alkanes) is 5. The maximum Gasteiger partial charge on any atom is 0.196 e. The molecule has 0 spiro atoms. The Morgan fingerprint density at radius 2 is 1.73 bits per heavy atom. The van der Waals surface area contributed by atoms with Gasteiger partial charge in [0.05, 0.1) is 18.1 Å². The minimum atomic E-state index is -0.225. The molecule has 2 aromatic rings. The first-order valence-electron chi connectivity index (χ1n) is 9.31. The van der Waals surface area contributed by atoms with Crippen molar-refractivity contribution in [2.75, 3.05) is 6.61 Å². The van der Waals surface area contributed by atoms with Crippen molar-refractivity contribution >= 4 is 17.4 Å². The fourth-order valence-electron chi connectivity index (χ4n) is 2.84. The van der Waals surface area contributed by atoms with E-state index in [1.54, 1.807) is 30.3 Å². The molecule has 4 heteroatoms. The maximum atomic E-state index is 12.6. The summed E-state index contributed by atoms with van der Waals surface area (Å²) in [4.78, 5) is 12.6. The summed E-state index contributed by atoms with van der Waals surface area (Å²) in [6.07, 6.45) is 7.10. The molecule has 0 unspecified atom stereocenters. The second kappa shape index (κ2) is 10.9. The van der Waals surface area contributed by atoms with E-state index in [-0.39, 0.29) is 23.0 Å². The zero-order valence-corrected chi connectivity index (χ0v) is 16.1. The zero-order valence-electron chi connectivity index (χ0n) is 15.3. The van der Waals surface area contributed by atoms with Crippen LogP contribution >= 0.6 is 11.6 Å². The fraction of sp³-hybridized carbons (Fsp3) is 0.409. The van der Waals surface area contributed by atoms with Crippen molar-refractivity contribution in [3.63, 3.8) is 0 Å². The number of ketones is 1. The molecule has 0 radical (unpaired) electrons. The molecule has 2 aromatic carbocycles. The number of carbonyl (C=O) groups excluding carboxylic acids is 1. The summed E-state index contributed by atoms with van der Waals surface area (Å²) in [6, 6.07) is 12.0. The highest BCUT2D eigenvalue weighted by Gasteiger charge is 2.17. The van der Waals surface area contributed by atoms with E-state index in [9.17, 15) is 9.90 Å². The van der Waals surface area contributed by atoms with E-state index < -0.39 is 0 Å². The summed E-state index contributed by atoms with van der Waals surface area (Å²) in [5, 5.41) is 10.3. The number of ether oxygens (including phenoxy) is 1. The average molecular weight is 375 g/mol. The van der Waals surface area contributed by atoms with Crippen molar-refractivity contribution in [2.45, 2.75) is 51.3 Å². The molecule has 0 aromatic heterocycles. The van der Waals surface area contributed by atoms with Crippen LogP contribution in [0, 0.1) is 0 Å². The summed E-state index contributed by atoms with van der Waals surface area (Å²) >= 11 is 6.03. The molecule has 0 aliphatic carbocycles. The Labute approximate surface area is 161 Å². The Morgan fingerprint density at radius 1 is 1.04 bits per heavy atom. The lowest BCUT2D eigenvalue weighted by atomic mass is 10.00. The monoisotopic (exact) mass is 374 g/mol. The summed E-state index contributed by atoms with van der Waals surface area (Å²) < 4.78 is 5.80. The molecule has 0 saturated heterocycles. The van der Waals surface area contributed by atoms with Crippen molar-refractivity contribution in [1.29, 1.82) is 0 Å².